The highest BCUT2D eigenvalue weighted by atomic mass is 19.2. The molecule has 0 spiro atoms. The van der Waals surface area contributed by atoms with Gasteiger partial charge >= 0.3 is 12.0 Å². The fraction of sp³-hybridized carbons (Fsp3) is 0.273. The Hall–Kier alpha value is -2.36. The summed E-state index contributed by atoms with van der Waals surface area (Å²) in [6, 6.07) is -1.13. The first-order valence-corrected chi connectivity index (χ1v) is 5.50. The highest BCUT2D eigenvalue weighted by molar-refractivity contribution is 5.89. The number of carbonyl (C=O) groups excluding carboxylic acids is 1. The number of carboxylic acid groups (broad SMARTS) is 1. The van der Waals surface area contributed by atoms with Gasteiger partial charge in [-0.2, -0.15) is 0 Å². The van der Waals surface area contributed by atoms with E-state index in [1.54, 1.807) is 5.32 Å². The second-order valence-corrected chi connectivity index (χ2v) is 3.67. The minimum Gasteiger partial charge on any atom is -0.480 e. The molecular formula is C11H10F4N2O4. The predicted octanol–water partition coefficient (Wildman–Crippen LogP) is 1.47. The van der Waals surface area contributed by atoms with E-state index in [1.807, 2.05) is 0 Å². The van der Waals surface area contributed by atoms with Crippen LogP contribution in [0, 0.1) is 23.3 Å². The summed E-state index contributed by atoms with van der Waals surface area (Å²) in [5.74, 6) is -8.01. The van der Waals surface area contributed by atoms with Crippen molar-refractivity contribution in [1.82, 2.24) is 5.32 Å². The zero-order valence-corrected chi connectivity index (χ0v) is 10.4. The average molecular weight is 310 g/mol. The van der Waals surface area contributed by atoms with Crippen LogP contribution in [0.1, 0.15) is 0 Å². The Morgan fingerprint density at radius 1 is 1.14 bits per heavy atom. The lowest BCUT2D eigenvalue weighted by atomic mass is 10.2. The molecule has 0 heterocycles. The van der Waals surface area contributed by atoms with E-state index in [0.717, 1.165) is 0 Å². The summed E-state index contributed by atoms with van der Waals surface area (Å²) in [6.07, 6.45) is 0. The monoisotopic (exact) mass is 310 g/mol. The zero-order chi connectivity index (χ0) is 16.0. The number of nitrogens with one attached hydrogen (secondary N) is 2. The van der Waals surface area contributed by atoms with E-state index in [9.17, 15) is 27.2 Å². The summed E-state index contributed by atoms with van der Waals surface area (Å²) < 4.78 is 56.8. The number of benzene rings is 1. The topological polar surface area (TPSA) is 87.7 Å². The number of halogens is 4. The van der Waals surface area contributed by atoms with Gasteiger partial charge in [0.25, 0.3) is 0 Å². The van der Waals surface area contributed by atoms with Crippen molar-refractivity contribution < 1.29 is 37.0 Å². The van der Waals surface area contributed by atoms with Crippen LogP contribution in [0.25, 0.3) is 0 Å². The molecule has 2 amide bonds. The van der Waals surface area contributed by atoms with Crippen molar-refractivity contribution in [3.05, 3.63) is 29.3 Å². The summed E-state index contributed by atoms with van der Waals surface area (Å²) in [5, 5.41) is 11.9. The predicted molar refractivity (Wildman–Crippen MR) is 61.8 cm³/mol. The minimum absolute atomic E-state index is 0.00743. The quantitative estimate of drug-likeness (QED) is 0.422. The molecule has 0 saturated heterocycles. The van der Waals surface area contributed by atoms with Gasteiger partial charge in [-0.05, 0) is 0 Å². The lowest BCUT2D eigenvalue weighted by Crippen LogP contribution is -2.32. The fourth-order valence-corrected chi connectivity index (χ4v) is 1.24. The highest BCUT2D eigenvalue weighted by Crippen LogP contribution is 2.23. The number of amides is 2. The zero-order valence-electron chi connectivity index (χ0n) is 10.4. The molecule has 0 unspecified atom stereocenters. The molecule has 0 saturated carbocycles. The maximum Gasteiger partial charge on any atom is 0.329 e. The van der Waals surface area contributed by atoms with Gasteiger partial charge in [0.1, 0.15) is 12.3 Å². The molecule has 116 valence electrons. The number of anilines is 1. The molecule has 1 aromatic rings. The number of carbonyl (C=O) groups is 2. The Morgan fingerprint density at radius 3 is 2.24 bits per heavy atom. The van der Waals surface area contributed by atoms with E-state index in [1.165, 1.54) is 0 Å². The van der Waals surface area contributed by atoms with Crippen molar-refractivity contribution in [2.75, 3.05) is 25.1 Å². The van der Waals surface area contributed by atoms with Crippen LogP contribution in [0.3, 0.4) is 0 Å². The van der Waals surface area contributed by atoms with Crippen LogP contribution in [0.5, 0.6) is 0 Å². The lowest BCUT2D eigenvalue weighted by Gasteiger charge is -2.10. The standard InChI is InChI=1S/C11H10F4N2O4/c12-5-3-6(13)9(15)10(8(5)14)17-11(20)16-1-2-21-4-7(18)19/h3H,1-2,4H2,(H,18,19)(H2,16,17,20). The number of hydrogen-bond donors (Lipinski definition) is 3. The second kappa shape index (κ2) is 7.43. The van der Waals surface area contributed by atoms with Crippen molar-refractivity contribution in [3.63, 3.8) is 0 Å². The first-order valence-electron chi connectivity index (χ1n) is 5.50. The van der Waals surface area contributed by atoms with E-state index in [2.05, 4.69) is 10.1 Å². The molecule has 3 N–H and O–H groups in total. The molecule has 6 nitrogen and oxygen atoms in total. The smallest absolute Gasteiger partial charge is 0.329 e. The molecule has 0 aromatic heterocycles. The molecule has 0 aliphatic rings. The largest absolute Gasteiger partial charge is 0.480 e. The number of carboxylic acids is 1. The maximum atomic E-state index is 13.2. The fourth-order valence-electron chi connectivity index (χ4n) is 1.24. The van der Waals surface area contributed by atoms with E-state index in [-0.39, 0.29) is 19.2 Å². The van der Waals surface area contributed by atoms with Gasteiger partial charge in [0.15, 0.2) is 23.3 Å². The van der Waals surface area contributed by atoms with Crippen molar-refractivity contribution in [3.8, 4) is 0 Å². The second-order valence-electron chi connectivity index (χ2n) is 3.67. The Kier molecular flexibility index (Phi) is 5.91. The molecule has 0 radical (unpaired) electrons. The molecule has 1 rings (SSSR count). The van der Waals surface area contributed by atoms with Crippen LogP contribution in [-0.4, -0.2) is 36.9 Å². The van der Waals surface area contributed by atoms with E-state index in [4.69, 9.17) is 5.11 Å². The molecule has 21 heavy (non-hydrogen) atoms. The number of aliphatic carboxylic acids is 1. The van der Waals surface area contributed by atoms with E-state index >= 15 is 0 Å². The number of ether oxygens (including phenoxy) is 1. The molecular weight excluding hydrogens is 300 g/mol. The Bertz CT molecular complexity index is 527. The van der Waals surface area contributed by atoms with Gasteiger partial charge in [0.05, 0.1) is 6.61 Å². The number of urea groups is 1. The van der Waals surface area contributed by atoms with Crippen molar-refractivity contribution in [2.45, 2.75) is 0 Å². The SMILES string of the molecule is O=C(O)COCCNC(=O)Nc1c(F)c(F)cc(F)c1F. The third-order valence-corrected chi connectivity index (χ3v) is 2.11. The molecule has 1 aromatic carbocycles. The van der Waals surface area contributed by atoms with Gasteiger partial charge in [0, 0.05) is 12.6 Å². The third kappa shape index (κ3) is 4.91. The Labute approximate surface area is 115 Å². The number of hydrogen-bond acceptors (Lipinski definition) is 3. The van der Waals surface area contributed by atoms with Gasteiger partial charge < -0.3 is 20.5 Å². The van der Waals surface area contributed by atoms with E-state index in [0.29, 0.717) is 0 Å². The van der Waals surface area contributed by atoms with E-state index < -0.39 is 47.6 Å². The molecule has 0 aliphatic heterocycles. The highest BCUT2D eigenvalue weighted by Gasteiger charge is 2.20. The summed E-state index contributed by atoms with van der Waals surface area (Å²) in [5.41, 5.74) is -1.27. The van der Waals surface area contributed by atoms with Gasteiger partial charge in [-0.1, -0.05) is 0 Å². The van der Waals surface area contributed by atoms with Crippen LogP contribution in [0.4, 0.5) is 28.0 Å². The first-order chi connectivity index (χ1) is 9.82. The Morgan fingerprint density at radius 2 is 1.71 bits per heavy atom. The normalized spacial score (nSPS) is 10.3. The van der Waals surface area contributed by atoms with Crippen LogP contribution >= 0.6 is 0 Å². The minimum atomic E-state index is -1.74. The van der Waals surface area contributed by atoms with Crippen LogP contribution in [0.15, 0.2) is 6.07 Å². The average Bonchev–Trinajstić information content (AvgIpc) is 2.40. The molecule has 0 atom stereocenters. The van der Waals surface area contributed by atoms with Crippen LogP contribution in [0.2, 0.25) is 0 Å². The summed E-state index contributed by atoms with van der Waals surface area (Å²) in [4.78, 5) is 21.4. The van der Waals surface area contributed by atoms with Gasteiger partial charge in [-0.25, -0.2) is 27.2 Å². The summed E-state index contributed by atoms with van der Waals surface area (Å²) in [7, 11) is 0. The lowest BCUT2D eigenvalue weighted by molar-refractivity contribution is -0.142. The first kappa shape index (κ1) is 16.7. The molecule has 0 fully saturated rings. The van der Waals surface area contributed by atoms with Crippen molar-refractivity contribution >= 4 is 17.7 Å². The summed E-state index contributed by atoms with van der Waals surface area (Å²) in [6.45, 7) is -0.940. The molecule has 10 heteroatoms. The van der Waals surface area contributed by atoms with Gasteiger partial charge in [-0.15, -0.1) is 0 Å². The van der Waals surface area contributed by atoms with Crippen LogP contribution < -0.4 is 10.6 Å². The number of rotatable bonds is 6. The third-order valence-electron chi connectivity index (χ3n) is 2.11. The maximum absolute atomic E-state index is 13.2. The van der Waals surface area contributed by atoms with Gasteiger partial charge in [0.2, 0.25) is 0 Å². The molecule has 0 aliphatic carbocycles. The summed E-state index contributed by atoms with van der Waals surface area (Å²) >= 11 is 0. The molecule has 0 bridgehead atoms. The van der Waals surface area contributed by atoms with Gasteiger partial charge in [-0.3, -0.25) is 0 Å². The van der Waals surface area contributed by atoms with Crippen molar-refractivity contribution in [1.29, 1.82) is 0 Å². The van der Waals surface area contributed by atoms with Crippen LogP contribution in [-0.2, 0) is 9.53 Å². The Balaban J connectivity index is 2.54. The van der Waals surface area contributed by atoms with Crippen molar-refractivity contribution in [2.24, 2.45) is 0 Å².